The third-order valence-electron chi connectivity index (χ3n) is 4.72. The second kappa shape index (κ2) is 8.20. The van der Waals surface area contributed by atoms with Crippen LogP contribution in [0.4, 0.5) is 5.69 Å². The van der Waals surface area contributed by atoms with Gasteiger partial charge in [0.15, 0.2) is 0 Å². The lowest BCUT2D eigenvalue weighted by molar-refractivity contribution is -0.138. The zero-order valence-electron chi connectivity index (χ0n) is 15.8. The lowest BCUT2D eigenvalue weighted by atomic mass is 10.0. The Labute approximate surface area is 162 Å². The van der Waals surface area contributed by atoms with E-state index in [2.05, 4.69) is 29.5 Å². The van der Waals surface area contributed by atoms with Crippen molar-refractivity contribution in [3.63, 3.8) is 0 Å². The number of rotatable bonds is 7. The normalized spacial score (nSPS) is 16.6. The second-order valence-electron chi connectivity index (χ2n) is 7.10. The van der Waals surface area contributed by atoms with E-state index >= 15 is 0 Å². The van der Waals surface area contributed by atoms with E-state index in [4.69, 9.17) is 5.11 Å². The van der Waals surface area contributed by atoms with Crippen molar-refractivity contribution in [3.05, 3.63) is 41.7 Å². The lowest BCUT2D eigenvalue weighted by Crippen LogP contribution is -2.36. The van der Waals surface area contributed by atoms with Crippen molar-refractivity contribution in [2.45, 2.75) is 39.3 Å². The number of carboxylic acid groups (broad SMARTS) is 1. The van der Waals surface area contributed by atoms with Gasteiger partial charge in [-0.1, -0.05) is 31.2 Å². The van der Waals surface area contributed by atoms with E-state index in [1.54, 1.807) is 4.90 Å². The number of nitrogens with zero attached hydrogens (tertiary/aromatic N) is 4. The maximum Gasteiger partial charge on any atom is 0.325 e. The Bertz CT molecular complexity index is 875. The van der Waals surface area contributed by atoms with Crippen LogP contribution >= 0.6 is 0 Å². The summed E-state index contributed by atoms with van der Waals surface area (Å²) in [7, 11) is 0. The van der Waals surface area contributed by atoms with Crippen LogP contribution in [-0.4, -0.2) is 44.4 Å². The zero-order valence-corrected chi connectivity index (χ0v) is 15.8. The summed E-state index contributed by atoms with van der Waals surface area (Å²) in [5.74, 6) is -1.93. The summed E-state index contributed by atoms with van der Waals surface area (Å²) in [5, 5.41) is 18.9. The fourth-order valence-electron chi connectivity index (χ4n) is 3.15. The number of benzene rings is 1. The minimum Gasteiger partial charge on any atom is -0.480 e. The van der Waals surface area contributed by atoms with Crippen LogP contribution in [0.2, 0.25) is 0 Å². The molecule has 2 aromatic rings. The first-order valence-electron chi connectivity index (χ1n) is 9.15. The fourth-order valence-corrected chi connectivity index (χ4v) is 3.15. The Morgan fingerprint density at radius 3 is 2.64 bits per heavy atom. The summed E-state index contributed by atoms with van der Waals surface area (Å²) in [6.45, 7) is 4.50. The average Bonchev–Trinajstić information content (AvgIpc) is 3.25. The minimum absolute atomic E-state index is 0.0886. The summed E-state index contributed by atoms with van der Waals surface area (Å²) in [6, 6.07) is 7.82. The van der Waals surface area contributed by atoms with E-state index in [1.165, 1.54) is 16.4 Å². The number of aromatic nitrogens is 3. The molecule has 1 aliphatic rings. The molecule has 2 amide bonds. The van der Waals surface area contributed by atoms with E-state index < -0.39 is 11.9 Å². The summed E-state index contributed by atoms with van der Waals surface area (Å²) < 4.78 is 1.17. The summed E-state index contributed by atoms with van der Waals surface area (Å²) in [6.07, 6.45) is 1.90. The summed E-state index contributed by atoms with van der Waals surface area (Å²) in [4.78, 5) is 37.4. The highest BCUT2D eigenvalue weighted by Gasteiger charge is 2.37. The molecule has 1 fully saturated rings. The Kier molecular flexibility index (Phi) is 5.72. The maximum absolute atomic E-state index is 12.7. The molecule has 1 unspecified atom stereocenters. The van der Waals surface area contributed by atoms with Crippen LogP contribution in [0.15, 0.2) is 30.5 Å². The van der Waals surface area contributed by atoms with Crippen molar-refractivity contribution in [1.29, 1.82) is 0 Å². The van der Waals surface area contributed by atoms with E-state index in [9.17, 15) is 14.4 Å². The van der Waals surface area contributed by atoms with Gasteiger partial charge in [-0.3, -0.25) is 14.4 Å². The number of carboxylic acids is 1. The van der Waals surface area contributed by atoms with Crippen molar-refractivity contribution in [1.82, 2.24) is 20.3 Å². The molecular formula is C19H23N5O4. The van der Waals surface area contributed by atoms with Crippen LogP contribution in [0.25, 0.3) is 0 Å². The lowest BCUT2D eigenvalue weighted by Gasteiger charge is -2.17. The SMILES string of the molecule is CC(C)c1ccc(N2CCC(C(=O)NCc3cn(CC(=O)O)nn3)C2=O)cc1. The molecule has 2 N–H and O–H groups in total. The molecule has 1 saturated heterocycles. The van der Waals surface area contributed by atoms with Crippen LogP contribution in [0.3, 0.4) is 0 Å². The number of hydrogen-bond acceptors (Lipinski definition) is 5. The molecule has 9 nitrogen and oxygen atoms in total. The van der Waals surface area contributed by atoms with Gasteiger partial charge >= 0.3 is 5.97 Å². The summed E-state index contributed by atoms with van der Waals surface area (Å²) in [5.41, 5.74) is 2.42. The third-order valence-corrected chi connectivity index (χ3v) is 4.72. The van der Waals surface area contributed by atoms with Crippen LogP contribution < -0.4 is 10.2 Å². The number of amides is 2. The zero-order chi connectivity index (χ0) is 20.3. The first kappa shape index (κ1) is 19.5. The fraction of sp³-hybridized carbons (Fsp3) is 0.421. The van der Waals surface area contributed by atoms with Gasteiger partial charge in [-0.2, -0.15) is 0 Å². The van der Waals surface area contributed by atoms with Crippen LogP contribution in [0.1, 0.15) is 37.4 Å². The molecule has 0 spiro atoms. The highest BCUT2D eigenvalue weighted by atomic mass is 16.4. The van der Waals surface area contributed by atoms with Crippen molar-refractivity contribution in [2.24, 2.45) is 5.92 Å². The predicted octanol–water partition coefficient (Wildman–Crippen LogP) is 1.16. The van der Waals surface area contributed by atoms with Crippen molar-refractivity contribution >= 4 is 23.5 Å². The van der Waals surface area contributed by atoms with Gasteiger partial charge in [0, 0.05) is 12.2 Å². The molecule has 1 aromatic heterocycles. The first-order chi connectivity index (χ1) is 13.3. The van der Waals surface area contributed by atoms with Crippen LogP contribution in [0, 0.1) is 5.92 Å². The van der Waals surface area contributed by atoms with Gasteiger partial charge in [0.05, 0.1) is 12.7 Å². The molecule has 2 heterocycles. The Balaban J connectivity index is 1.57. The Morgan fingerprint density at radius 1 is 1.29 bits per heavy atom. The molecule has 1 aromatic carbocycles. The highest BCUT2D eigenvalue weighted by molar-refractivity contribution is 6.09. The van der Waals surface area contributed by atoms with Gasteiger partial charge < -0.3 is 15.3 Å². The smallest absolute Gasteiger partial charge is 0.325 e. The monoisotopic (exact) mass is 385 g/mol. The maximum atomic E-state index is 12.7. The predicted molar refractivity (Wildman–Crippen MR) is 100 cm³/mol. The molecule has 1 atom stereocenters. The van der Waals surface area contributed by atoms with Crippen LogP contribution in [-0.2, 0) is 27.5 Å². The van der Waals surface area contributed by atoms with E-state index in [0.29, 0.717) is 24.6 Å². The molecule has 0 saturated carbocycles. The Morgan fingerprint density at radius 2 is 2.00 bits per heavy atom. The molecule has 9 heteroatoms. The molecule has 28 heavy (non-hydrogen) atoms. The Hall–Kier alpha value is -3.23. The van der Waals surface area contributed by atoms with Crippen molar-refractivity contribution in [3.8, 4) is 0 Å². The largest absolute Gasteiger partial charge is 0.480 e. The number of anilines is 1. The number of carbonyl (C=O) groups excluding carboxylic acids is 2. The first-order valence-corrected chi connectivity index (χ1v) is 9.15. The van der Waals surface area contributed by atoms with Crippen molar-refractivity contribution < 1.29 is 19.5 Å². The third kappa shape index (κ3) is 4.36. The van der Waals surface area contributed by atoms with Gasteiger partial charge in [-0.15, -0.1) is 5.10 Å². The van der Waals surface area contributed by atoms with E-state index in [-0.39, 0.29) is 24.9 Å². The van der Waals surface area contributed by atoms with Gasteiger partial charge in [-0.25, -0.2) is 4.68 Å². The van der Waals surface area contributed by atoms with E-state index in [0.717, 1.165) is 5.69 Å². The molecule has 0 aliphatic carbocycles. The van der Waals surface area contributed by atoms with E-state index in [1.807, 2.05) is 24.3 Å². The van der Waals surface area contributed by atoms with Gasteiger partial charge in [0.25, 0.3) is 0 Å². The molecular weight excluding hydrogens is 362 g/mol. The topological polar surface area (TPSA) is 117 Å². The molecule has 0 bridgehead atoms. The number of carbonyl (C=O) groups is 3. The van der Waals surface area contributed by atoms with Gasteiger partial charge in [0.1, 0.15) is 18.2 Å². The number of aliphatic carboxylic acids is 1. The highest BCUT2D eigenvalue weighted by Crippen LogP contribution is 2.27. The molecule has 0 radical (unpaired) electrons. The minimum atomic E-state index is -1.03. The second-order valence-corrected chi connectivity index (χ2v) is 7.10. The number of nitrogens with one attached hydrogen (secondary N) is 1. The summed E-state index contributed by atoms with van der Waals surface area (Å²) >= 11 is 0. The van der Waals surface area contributed by atoms with Gasteiger partial charge in [0.2, 0.25) is 11.8 Å². The standard InChI is InChI=1S/C19H23N5O4/c1-12(2)13-3-5-15(6-4-13)24-8-7-16(19(24)28)18(27)20-9-14-10-23(22-21-14)11-17(25)26/h3-6,10,12,16H,7-9,11H2,1-2H3,(H,20,27)(H,25,26). The molecule has 1 aliphatic heterocycles. The quantitative estimate of drug-likeness (QED) is 0.691. The number of hydrogen-bond donors (Lipinski definition) is 2. The van der Waals surface area contributed by atoms with Crippen molar-refractivity contribution in [2.75, 3.05) is 11.4 Å². The van der Waals surface area contributed by atoms with Crippen LogP contribution in [0.5, 0.6) is 0 Å². The molecule has 3 rings (SSSR count). The molecule has 148 valence electrons. The average molecular weight is 385 g/mol. The van der Waals surface area contributed by atoms with Gasteiger partial charge in [-0.05, 0) is 30.0 Å².